The van der Waals surface area contributed by atoms with E-state index in [1.807, 2.05) is 12.1 Å². The van der Waals surface area contributed by atoms with Crippen LogP contribution in [0.15, 0.2) is 47.4 Å². The van der Waals surface area contributed by atoms with Crippen molar-refractivity contribution < 1.29 is 13.6 Å². The highest BCUT2D eigenvalue weighted by atomic mass is 35.5. The van der Waals surface area contributed by atoms with E-state index in [4.69, 9.17) is 11.6 Å². The largest absolute Gasteiger partial charge is 0.340 e. The van der Waals surface area contributed by atoms with Crippen LogP contribution in [0.2, 0.25) is 5.02 Å². The molecule has 0 aromatic heterocycles. The Kier molecular flexibility index (Phi) is 6.02. The maximum absolute atomic E-state index is 13.7. The molecule has 0 spiro atoms. The summed E-state index contributed by atoms with van der Waals surface area (Å²) < 4.78 is 26.6. The van der Waals surface area contributed by atoms with Crippen molar-refractivity contribution in [1.29, 1.82) is 0 Å². The van der Waals surface area contributed by atoms with Gasteiger partial charge < -0.3 is 4.90 Å². The Balaban J connectivity index is 1.99. The molecule has 2 aromatic carbocycles. The van der Waals surface area contributed by atoms with E-state index >= 15 is 0 Å². The first-order valence-corrected chi connectivity index (χ1v) is 8.23. The maximum atomic E-state index is 13.7. The summed E-state index contributed by atoms with van der Waals surface area (Å²) in [5.41, 5.74) is 0.283. The van der Waals surface area contributed by atoms with Gasteiger partial charge in [-0.25, -0.2) is 8.78 Å². The van der Waals surface area contributed by atoms with Crippen LogP contribution >= 0.6 is 23.4 Å². The van der Waals surface area contributed by atoms with Gasteiger partial charge in [0.1, 0.15) is 11.6 Å². The number of benzene rings is 2. The molecule has 0 bridgehead atoms. The van der Waals surface area contributed by atoms with Gasteiger partial charge in [-0.05, 0) is 37.3 Å². The SMILES string of the molecule is CC(Sc1ccc(Cl)cc1)C(=O)N(C)Cc1ccc(F)cc1F. The van der Waals surface area contributed by atoms with Crippen LogP contribution in [0.3, 0.4) is 0 Å². The summed E-state index contributed by atoms with van der Waals surface area (Å²) in [4.78, 5) is 14.7. The third kappa shape index (κ3) is 4.94. The van der Waals surface area contributed by atoms with Crippen LogP contribution in [-0.4, -0.2) is 23.1 Å². The molecule has 0 saturated carbocycles. The van der Waals surface area contributed by atoms with Crippen LogP contribution < -0.4 is 0 Å². The number of carbonyl (C=O) groups excluding carboxylic acids is 1. The van der Waals surface area contributed by atoms with E-state index in [1.54, 1.807) is 26.1 Å². The fourth-order valence-corrected chi connectivity index (χ4v) is 3.17. The van der Waals surface area contributed by atoms with Crippen molar-refractivity contribution in [3.8, 4) is 0 Å². The lowest BCUT2D eigenvalue weighted by Gasteiger charge is -2.21. The molecule has 1 atom stereocenters. The third-order valence-electron chi connectivity index (χ3n) is 3.27. The van der Waals surface area contributed by atoms with E-state index < -0.39 is 11.6 Å². The molecule has 23 heavy (non-hydrogen) atoms. The first kappa shape index (κ1) is 17.8. The minimum absolute atomic E-state index is 0.0937. The molecule has 2 aromatic rings. The summed E-state index contributed by atoms with van der Waals surface area (Å²) in [6.45, 7) is 1.88. The Hall–Kier alpha value is -1.59. The summed E-state index contributed by atoms with van der Waals surface area (Å²) in [7, 11) is 1.60. The molecule has 0 radical (unpaired) electrons. The number of carbonyl (C=O) groups is 1. The molecular formula is C17H16ClF2NOS. The second kappa shape index (κ2) is 7.79. The van der Waals surface area contributed by atoms with E-state index in [0.29, 0.717) is 5.02 Å². The van der Waals surface area contributed by atoms with Gasteiger partial charge in [-0.2, -0.15) is 0 Å². The standard InChI is InChI=1S/C17H16ClF2NOS/c1-11(23-15-7-4-13(18)5-8-15)17(22)21(2)10-12-3-6-14(19)9-16(12)20/h3-9,11H,10H2,1-2H3. The molecule has 0 N–H and O–H groups in total. The third-order valence-corrected chi connectivity index (χ3v) is 4.62. The van der Waals surface area contributed by atoms with E-state index in [2.05, 4.69) is 0 Å². The topological polar surface area (TPSA) is 20.3 Å². The van der Waals surface area contributed by atoms with Crippen molar-refractivity contribution >= 4 is 29.3 Å². The molecule has 0 heterocycles. The summed E-state index contributed by atoms with van der Waals surface area (Å²) in [6.07, 6.45) is 0. The van der Waals surface area contributed by atoms with Crippen molar-refractivity contribution in [3.63, 3.8) is 0 Å². The first-order chi connectivity index (χ1) is 10.9. The van der Waals surface area contributed by atoms with E-state index in [-0.39, 0.29) is 23.3 Å². The molecule has 0 aliphatic rings. The minimum atomic E-state index is -0.650. The van der Waals surface area contributed by atoms with Crippen LogP contribution in [0.25, 0.3) is 0 Å². The molecule has 122 valence electrons. The average molecular weight is 356 g/mol. The van der Waals surface area contributed by atoms with Gasteiger partial charge in [-0.1, -0.05) is 17.7 Å². The Morgan fingerprint density at radius 1 is 1.22 bits per heavy atom. The molecule has 2 nitrogen and oxygen atoms in total. The number of nitrogens with zero attached hydrogens (tertiary/aromatic N) is 1. The molecule has 0 saturated heterocycles. The van der Waals surface area contributed by atoms with E-state index in [0.717, 1.165) is 11.0 Å². The number of rotatable bonds is 5. The van der Waals surface area contributed by atoms with Gasteiger partial charge in [-0.3, -0.25) is 4.79 Å². The number of hydrogen-bond donors (Lipinski definition) is 0. The summed E-state index contributed by atoms with van der Waals surface area (Å²) in [5.74, 6) is -1.41. The second-order valence-corrected chi connectivity index (χ2v) is 6.99. The highest BCUT2D eigenvalue weighted by Crippen LogP contribution is 2.26. The molecule has 1 amide bonds. The summed E-state index contributed by atoms with van der Waals surface area (Å²) in [5, 5.41) is 0.307. The molecule has 0 fully saturated rings. The lowest BCUT2D eigenvalue weighted by atomic mass is 10.2. The predicted molar refractivity (Wildman–Crippen MR) is 89.6 cm³/mol. The highest BCUT2D eigenvalue weighted by molar-refractivity contribution is 8.00. The van der Waals surface area contributed by atoms with Crippen molar-refractivity contribution in [1.82, 2.24) is 4.90 Å². The fraction of sp³-hybridized carbons (Fsp3) is 0.235. The van der Waals surface area contributed by atoms with Gasteiger partial charge in [0, 0.05) is 35.1 Å². The van der Waals surface area contributed by atoms with Crippen molar-refractivity contribution in [2.45, 2.75) is 23.6 Å². The molecule has 0 aliphatic carbocycles. The van der Waals surface area contributed by atoms with Gasteiger partial charge in [0.2, 0.25) is 5.91 Å². The lowest BCUT2D eigenvalue weighted by Crippen LogP contribution is -2.33. The van der Waals surface area contributed by atoms with Gasteiger partial charge >= 0.3 is 0 Å². The first-order valence-electron chi connectivity index (χ1n) is 6.98. The van der Waals surface area contributed by atoms with Crippen molar-refractivity contribution in [2.24, 2.45) is 0 Å². The Bertz CT molecular complexity index is 693. The smallest absolute Gasteiger partial charge is 0.235 e. The number of halogens is 3. The zero-order valence-corrected chi connectivity index (χ0v) is 14.3. The van der Waals surface area contributed by atoms with E-state index in [9.17, 15) is 13.6 Å². The molecule has 6 heteroatoms. The van der Waals surface area contributed by atoms with Crippen LogP contribution in [-0.2, 0) is 11.3 Å². The number of thioether (sulfide) groups is 1. The number of hydrogen-bond acceptors (Lipinski definition) is 2. The van der Waals surface area contributed by atoms with Crippen molar-refractivity contribution in [3.05, 3.63) is 64.7 Å². The molecule has 2 rings (SSSR count). The lowest BCUT2D eigenvalue weighted by molar-refractivity contribution is -0.129. The van der Waals surface area contributed by atoms with Gasteiger partial charge in [-0.15, -0.1) is 11.8 Å². The van der Waals surface area contributed by atoms with Crippen LogP contribution in [0.1, 0.15) is 12.5 Å². The molecule has 1 unspecified atom stereocenters. The van der Waals surface area contributed by atoms with Crippen molar-refractivity contribution in [2.75, 3.05) is 7.05 Å². The Morgan fingerprint density at radius 3 is 2.48 bits per heavy atom. The average Bonchev–Trinajstić information content (AvgIpc) is 2.51. The van der Waals surface area contributed by atoms with Crippen LogP contribution in [0.5, 0.6) is 0 Å². The zero-order chi connectivity index (χ0) is 17.0. The van der Waals surface area contributed by atoms with Crippen LogP contribution in [0.4, 0.5) is 8.78 Å². The zero-order valence-electron chi connectivity index (χ0n) is 12.7. The van der Waals surface area contributed by atoms with Gasteiger partial charge in [0.25, 0.3) is 0 Å². The van der Waals surface area contributed by atoms with Gasteiger partial charge in [0.15, 0.2) is 0 Å². The highest BCUT2D eigenvalue weighted by Gasteiger charge is 2.20. The van der Waals surface area contributed by atoms with Crippen LogP contribution in [0, 0.1) is 11.6 Å². The Labute approximate surface area is 143 Å². The quantitative estimate of drug-likeness (QED) is 0.721. The monoisotopic (exact) mass is 355 g/mol. The maximum Gasteiger partial charge on any atom is 0.235 e. The minimum Gasteiger partial charge on any atom is -0.340 e. The second-order valence-electron chi connectivity index (χ2n) is 5.14. The van der Waals surface area contributed by atoms with E-state index in [1.165, 1.54) is 28.8 Å². The molecular weight excluding hydrogens is 340 g/mol. The summed E-state index contributed by atoms with van der Waals surface area (Å²) >= 11 is 7.23. The number of amides is 1. The fourth-order valence-electron chi connectivity index (χ4n) is 2.06. The predicted octanol–water partition coefficient (Wildman–Crippen LogP) is 4.76. The summed E-state index contributed by atoms with van der Waals surface area (Å²) in [6, 6.07) is 10.6. The Morgan fingerprint density at radius 2 is 1.87 bits per heavy atom. The molecule has 0 aliphatic heterocycles. The normalized spacial score (nSPS) is 12.0. The van der Waals surface area contributed by atoms with Gasteiger partial charge in [0.05, 0.1) is 5.25 Å².